The normalized spacial score (nSPS) is 13.0. The number of hydrogen-bond donors (Lipinski definition) is 1. The lowest BCUT2D eigenvalue weighted by molar-refractivity contribution is -0.118. The summed E-state index contributed by atoms with van der Waals surface area (Å²) in [4.78, 5) is 24.3. The number of fused-ring (bicyclic) bond motifs is 2. The molecule has 156 valence electrons. The minimum absolute atomic E-state index is 0.209. The van der Waals surface area contributed by atoms with Crippen molar-refractivity contribution in [3.63, 3.8) is 0 Å². The van der Waals surface area contributed by atoms with Gasteiger partial charge in [-0.25, -0.2) is 0 Å². The predicted molar refractivity (Wildman–Crippen MR) is 120 cm³/mol. The zero-order valence-corrected chi connectivity index (χ0v) is 18.2. The molecule has 0 atom stereocenters. The van der Waals surface area contributed by atoms with E-state index in [-0.39, 0.29) is 11.3 Å². The summed E-state index contributed by atoms with van der Waals surface area (Å²) in [6.45, 7) is 9.71. The maximum absolute atomic E-state index is 12.6. The molecule has 1 N–H and O–H groups in total. The van der Waals surface area contributed by atoms with E-state index in [0.717, 1.165) is 37.9 Å². The monoisotopic (exact) mass is 394 g/mol. The average Bonchev–Trinajstić information content (AvgIpc) is 2.68. The van der Waals surface area contributed by atoms with Gasteiger partial charge in [-0.3, -0.25) is 9.59 Å². The van der Waals surface area contributed by atoms with Crippen molar-refractivity contribution in [3.05, 3.63) is 65.2 Å². The molecule has 1 heterocycles. The molecule has 29 heavy (non-hydrogen) atoms. The van der Waals surface area contributed by atoms with Crippen molar-refractivity contribution in [3.8, 4) is 0 Å². The first-order valence-corrected chi connectivity index (χ1v) is 10.5. The van der Waals surface area contributed by atoms with Gasteiger partial charge in [-0.05, 0) is 47.4 Å². The van der Waals surface area contributed by atoms with E-state index in [9.17, 15) is 9.59 Å². The molecule has 2 amide bonds. The minimum Gasteiger partial charge on any atom is -0.358 e. The van der Waals surface area contributed by atoms with E-state index in [1.807, 2.05) is 11.0 Å². The quantitative estimate of drug-likeness (QED) is 0.750. The third-order valence-electron chi connectivity index (χ3n) is 4.87. The van der Waals surface area contributed by atoms with Crippen LogP contribution in [0.4, 0.5) is 5.69 Å². The highest BCUT2D eigenvalue weighted by atomic mass is 16.2. The average molecular weight is 395 g/mol. The van der Waals surface area contributed by atoms with Crippen molar-refractivity contribution >= 4 is 18.0 Å². The van der Waals surface area contributed by atoms with E-state index >= 15 is 0 Å². The van der Waals surface area contributed by atoms with Crippen molar-refractivity contribution in [2.75, 3.05) is 11.4 Å². The van der Waals surface area contributed by atoms with Crippen LogP contribution in [0.1, 0.15) is 57.2 Å². The Bertz CT molecular complexity index is 808. The molecule has 0 saturated heterocycles. The smallest absolute Gasteiger partial charge is 0.227 e. The number of carbonyl (C=O) groups is 2. The number of benzene rings is 2. The van der Waals surface area contributed by atoms with E-state index < -0.39 is 0 Å². The second kappa shape index (κ2) is 10.8. The SMILES string of the molecule is CC(C)(C)CNC=O.CCCC(=O)N1Cc2ccccc2CCc2ccccc21. The van der Waals surface area contributed by atoms with Gasteiger partial charge in [-0.15, -0.1) is 0 Å². The second-order valence-corrected chi connectivity index (χ2v) is 8.69. The minimum atomic E-state index is 0.209. The van der Waals surface area contributed by atoms with Gasteiger partial charge < -0.3 is 10.2 Å². The van der Waals surface area contributed by atoms with Crippen LogP contribution in [0, 0.1) is 5.41 Å². The Kier molecular flexibility index (Phi) is 8.44. The largest absolute Gasteiger partial charge is 0.358 e. The lowest BCUT2D eigenvalue weighted by Crippen LogP contribution is -2.32. The van der Waals surface area contributed by atoms with Gasteiger partial charge in [0.25, 0.3) is 0 Å². The number of hydrogen-bond acceptors (Lipinski definition) is 2. The Hall–Kier alpha value is -2.62. The topological polar surface area (TPSA) is 49.4 Å². The standard InChI is InChI=1S/C19H21NO.C6H13NO/c1-2-7-19(21)20-14-17-10-4-3-8-15(17)12-13-16-9-5-6-11-18(16)20;1-6(2,3)4-7-5-8/h3-6,8-11H,2,7,12-14H2,1H3;5H,4H2,1-3H3,(H,7,8). The molecule has 0 radical (unpaired) electrons. The maximum atomic E-state index is 12.6. The molecule has 4 heteroatoms. The van der Waals surface area contributed by atoms with Crippen LogP contribution in [-0.4, -0.2) is 18.9 Å². The van der Waals surface area contributed by atoms with Crippen LogP contribution in [0.2, 0.25) is 0 Å². The van der Waals surface area contributed by atoms with Crippen LogP contribution in [0.25, 0.3) is 0 Å². The third kappa shape index (κ3) is 7.04. The summed E-state index contributed by atoms with van der Waals surface area (Å²) in [7, 11) is 0. The second-order valence-electron chi connectivity index (χ2n) is 8.69. The molecular weight excluding hydrogens is 360 g/mol. The molecule has 0 bridgehead atoms. The number of amides is 2. The summed E-state index contributed by atoms with van der Waals surface area (Å²) in [5.41, 5.74) is 5.21. The van der Waals surface area contributed by atoms with Gasteiger partial charge in [0, 0.05) is 18.7 Å². The fourth-order valence-electron chi connectivity index (χ4n) is 3.39. The highest BCUT2D eigenvalue weighted by Crippen LogP contribution is 2.28. The first kappa shape index (κ1) is 22.7. The zero-order valence-electron chi connectivity index (χ0n) is 18.2. The van der Waals surface area contributed by atoms with Crippen molar-refractivity contribution in [2.24, 2.45) is 5.41 Å². The highest BCUT2D eigenvalue weighted by Gasteiger charge is 2.21. The number of nitrogens with zero attached hydrogens (tertiary/aromatic N) is 1. The summed E-state index contributed by atoms with van der Waals surface area (Å²) >= 11 is 0. The molecule has 0 aliphatic carbocycles. The molecule has 1 aliphatic rings. The molecule has 0 aromatic heterocycles. The molecule has 1 aliphatic heterocycles. The molecule has 0 saturated carbocycles. The van der Waals surface area contributed by atoms with Crippen molar-refractivity contribution in [1.29, 1.82) is 0 Å². The molecule has 0 fully saturated rings. The fraction of sp³-hybridized carbons (Fsp3) is 0.440. The molecule has 2 aromatic carbocycles. The molecular formula is C25H34N2O2. The lowest BCUT2D eigenvalue weighted by atomic mass is 9.95. The van der Waals surface area contributed by atoms with Gasteiger partial charge in [0.15, 0.2) is 0 Å². The van der Waals surface area contributed by atoms with Crippen LogP contribution in [-0.2, 0) is 29.0 Å². The number of rotatable bonds is 4. The number of aryl methyl sites for hydroxylation is 2. The van der Waals surface area contributed by atoms with Crippen LogP contribution in [0.3, 0.4) is 0 Å². The summed E-state index contributed by atoms with van der Waals surface area (Å²) < 4.78 is 0. The lowest BCUT2D eigenvalue weighted by Gasteiger charge is -2.28. The summed E-state index contributed by atoms with van der Waals surface area (Å²) in [6.07, 6.45) is 4.26. The Morgan fingerprint density at radius 3 is 2.17 bits per heavy atom. The number of nitrogens with one attached hydrogen (secondary N) is 1. The van der Waals surface area contributed by atoms with Gasteiger partial charge in [0.1, 0.15) is 0 Å². The summed E-state index contributed by atoms with van der Waals surface area (Å²) in [5, 5.41) is 2.61. The Morgan fingerprint density at radius 1 is 1.00 bits per heavy atom. The third-order valence-corrected chi connectivity index (χ3v) is 4.87. The van der Waals surface area contributed by atoms with E-state index in [2.05, 4.69) is 75.5 Å². The van der Waals surface area contributed by atoms with Crippen molar-refractivity contribution in [1.82, 2.24) is 5.32 Å². The van der Waals surface area contributed by atoms with Gasteiger partial charge in [-0.2, -0.15) is 0 Å². The van der Waals surface area contributed by atoms with Gasteiger partial charge in [0.05, 0.1) is 6.54 Å². The van der Waals surface area contributed by atoms with Gasteiger partial charge in [0.2, 0.25) is 12.3 Å². The predicted octanol–water partition coefficient (Wildman–Crippen LogP) is 4.90. The van der Waals surface area contributed by atoms with Crippen LogP contribution >= 0.6 is 0 Å². The van der Waals surface area contributed by atoms with E-state index in [1.54, 1.807) is 0 Å². The molecule has 0 unspecified atom stereocenters. The molecule has 2 aromatic rings. The number of para-hydroxylation sites is 1. The van der Waals surface area contributed by atoms with Crippen LogP contribution in [0.5, 0.6) is 0 Å². The number of anilines is 1. The van der Waals surface area contributed by atoms with Crippen LogP contribution < -0.4 is 10.2 Å². The van der Waals surface area contributed by atoms with Gasteiger partial charge >= 0.3 is 0 Å². The zero-order chi connectivity index (χ0) is 21.3. The maximum Gasteiger partial charge on any atom is 0.227 e. The summed E-state index contributed by atoms with van der Waals surface area (Å²) in [6, 6.07) is 16.8. The van der Waals surface area contributed by atoms with E-state index in [4.69, 9.17) is 0 Å². The highest BCUT2D eigenvalue weighted by molar-refractivity contribution is 5.94. The Labute approximate surface area is 175 Å². The molecule has 4 nitrogen and oxygen atoms in total. The van der Waals surface area contributed by atoms with Crippen molar-refractivity contribution in [2.45, 2.75) is 59.9 Å². The molecule has 3 rings (SSSR count). The Morgan fingerprint density at radius 2 is 1.59 bits per heavy atom. The Balaban J connectivity index is 0.000000321. The van der Waals surface area contributed by atoms with Crippen molar-refractivity contribution < 1.29 is 9.59 Å². The summed E-state index contributed by atoms with van der Waals surface area (Å²) in [5.74, 6) is 0.224. The first-order chi connectivity index (χ1) is 13.9. The fourth-order valence-corrected chi connectivity index (χ4v) is 3.39. The first-order valence-electron chi connectivity index (χ1n) is 10.5. The van der Waals surface area contributed by atoms with E-state index in [0.29, 0.717) is 13.0 Å². The molecule has 0 spiro atoms. The van der Waals surface area contributed by atoms with Gasteiger partial charge in [-0.1, -0.05) is 70.2 Å². The number of carbonyl (C=O) groups excluding carboxylic acids is 2. The van der Waals surface area contributed by atoms with Crippen LogP contribution in [0.15, 0.2) is 48.5 Å². The van der Waals surface area contributed by atoms with E-state index in [1.165, 1.54) is 16.7 Å².